The first-order chi connectivity index (χ1) is 8.99. The molecule has 0 bridgehead atoms. The molecule has 106 valence electrons. The van der Waals surface area contributed by atoms with Gasteiger partial charge in [0.05, 0.1) is 10.7 Å². The van der Waals surface area contributed by atoms with E-state index in [1.807, 2.05) is 19.9 Å². The minimum Gasteiger partial charge on any atom is -0.232 e. The molecule has 0 N–H and O–H groups in total. The van der Waals surface area contributed by atoms with Gasteiger partial charge in [-0.05, 0) is 40.3 Å². The Bertz CT molecular complexity index is 537. The van der Waals surface area contributed by atoms with Gasteiger partial charge in [-0.3, -0.25) is 0 Å². The highest BCUT2D eigenvalue weighted by Crippen LogP contribution is 2.26. The van der Waals surface area contributed by atoms with Crippen molar-refractivity contribution in [1.82, 2.24) is 14.6 Å². The third kappa shape index (κ3) is 3.93. The first-order valence-electron chi connectivity index (χ1n) is 6.68. The van der Waals surface area contributed by atoms with E-state index in [0.29, 0.717) is 17.0 Å². The van der Waals surface area contributed by atoms with Crippen molar-refractivity contribution in [2.24, 2.45) is 5.92 Å². The van der Waals surface area contributed by atoms with E-state index >= 15 is 0 Å². The lowest BCUT2D eigenvalue weighted by atomic mass is 9.96. The maximum Gasteiger partial charge on any atom is 0.171 e. The number of halogens is 2. The highest BCUT2D eigenvalue weighted by Gasteiger charge is 2.14. The Hall–Kier alpha value is -0.610. The minimum absolute atomic E-state index is 0.402. The zero-order valence-corrected chi connectivity index (χ0v) is 14.5. The van der Waals surface area contributed by atoms with E-state index < -0.39 is 0 Å². The Morgan fingerprint density at radius 3 is 2.53 bits per heavy atom. The molecule has 0 spiro atoms. The van der Waals surface area contributed by atoms with Gasteiger partial charge in [-0.1, -0.05) is 46.2 Å². The molecule has 0 aliphatic carbocycles. The molecule has 0 aliphatic heterocycles. The van der Waals surface area contributed by atoms with Crippen molar-refractivity contribution in [3.8, 4) is 0 Å². The van der Waals surface area contributed by atoms with Crippen LogP contribution in [0.25, 0.3) is 5.65 Å². The van der Waals surface area contributed by atoms with Gasteiger partial charge in [0.2, 0.25) is 0 Å². The van der Waals surface area contributed by atoms with Gasteiger partial charge in [-0.2, -0.15) is 5.10 Å². The summed E-state index contributed by atoms with van der Waals surface area (Å²) in [6.07, 6.45) is 2.82. The molecule has 2 rings (SSSR count). The molecule has 2 heterocycles. The highest BCUT2D eigenvalue weighted by atomic mass is 79.9. The summed E-state index contributed by atoms with van der Waals surface area (Å²) in [5.74, 6) is 1.05. The fourth-order valence-electron chi connectivity index (χ4n) is 2.00. The number of hydrogen-bond acceptors (Lipinski definition) is 2. The Kier molecular flexibility index (Phi) is 6.27. The van der Waals surface area contributed by atoms with Crippen LogP contribution in [-0.4, -0.2) is 14.6 Å². The molecule has 5 heteroatoms. The molecule has 19 heavy (non-hydrogen) atoms. The van der Waals surface area contributed by atoms with E-state index in [9.17, 15) is 0 Å². The summed E-state index contributed by atoms with van der Waals surface area (Å²) in [4.78, 5) is 4.62. The van der Waals surface area contributed by atoms with Gasteiger partial charge in [0.1, 0.15) is 5.15 Å². The van der Waals surface area contributed by atoms with Crippen LogP contribution < -0.4 is 0 Å². The van der Waals surface area contributed by atoms with Crippen LogP contribution in [0, 0.1) is 5.92 Å². The maximum atomic E-state index is 6.20. The van der Waals surface area contributed by atoms with Gasteiger partial charge >= 0.3 is 0 Å². The molecule has 0 amide bonds. The SMILES string of the molecule is CC.CC(C)CC(C)c1cc(Cl)n2ncc(Br)c2n1. The van der Waals surface area contributed by atoms with Crippen LogP contribution in [0.15, 0.2) is 16.7 Å². The van der Waals surface area contributed by atoms with Crippen molar-refractivity contribution in [1.29, 1.82) is 0 Å². The van der Waals surface area contributed by atoms with E-state index in [-0.39, 0.29) is 0 Å². The van der Waals surface area contributed by atoms with Crippen LogP contribution in [0.1, 0.15) is 52.7 Å². The van der Waals surface area contributed by atoms with E-state index in [1.165, 1.54) is 0 Å². The average Bonchev–Trinajstić information content (AvgIpc) is 2.73. The first-order valence-corrected chi connectivity index (χ1v) is 7.85. The third-order valence-electron chi connectivity index (χ3n) is 2.73. The average molecular weight is 347 g/mol. The predicted octanol–water partition coefficient (Wildman–Crippen LogP) is 5.32. The summed E-state index contributed by atoms with van der Waals surface area (Å²) in [7, 11) is 0. The summed E-state index contributed by atoms with van der Waals surface area (Å²) in [5.41, 5.74) is 1.81. The van der Waals surface area contributed by atoms with Crippen LogP contribution in [0.2, 0.25) is 5.15 Å². The molecule has 0 saturated heterocycles. The Morgan fingerprint density at radius 1 is 1.32 bits per heavy atom. The minimum atomic E-state index is 0.402. The summed E-state index contributed by atoms with van der Waals surface area (Å²) in [6, 6.07) is 1.90. The molecule has 0 fully saturated rings. The lowest BCUT2D eigenvalue weighted by Crippen LogP contribution is -2.04. The van der Waals surface area contributed by atoms with Crippen LogP contribution >= 0.6 is 27.5 Å². The molecule has 2 aromatic rings. The van der Waals surface area contributed by atoms with Crippen LogP contribution in [-0.2, 0) is 0 Å². The summed E-state index contributed by atoms with van der Waals surface area (Å²) < 4.78 is 2.51. The van der Waals surface area contributed by atoms with Gasteiger partial charge < -0.3 is 0 Å². The van der Waals surface area contributed by atoms with Crippen molar-refractivity contribution in [3.05, 3.63) is 27.6 Å². The second-order valence-electron chi connectivity index (χ2n) is 4.76. The largest absolute Gasteiger partial charge is 0.232 e. The zero-order valence-electron chi connectivity index (χ0n) is 12.1. The predicted molar refractivity (Wildman–Crippen MR) is 84.9 cm³/mol. The fourth-order valence-corrected chi connectivity index (χ4v) is 2.58. The van der Waals surface area contributed by atoms with E-state index in [0.717, 1.165) is 22.2 Å². The van der Waals surface area contributed by atoms with Crippen molar-refractivity contribution >= 4 is 33.2 Å². The van der Waals surface area contributed by atoms with Gasteiger partial charge in [0.15, 0.2) is 5.65 Å². The van der Waals surface area contributed by atoms with E-state index in [2.05, 4.69) is 46.8 Å². The second-order valence-corrected chi connectivity index (χ2v) is 6.00. The summed E-state index contributed by atoms with van der Waals surface area (Å²) >= 11 is 9.63. The maximum absolute atomic E-state index is 6.20. The molecular formula is C14H21BrClN3. The number of nitrogens with zero attached hydrogens (tertiary/aromatic N) is 3. The topological polar surface area (TPSA) is 30.2 Å². The quantitative estimate of drug-likeness (QED) is 0.704. The lowest BCUT2D eigenvalue weighted by Gasteiger charge is -2.14. The van der Waals surface area contributed by atoms with Gasteiger partial charge in [0.25, 0.3) is 0 Å². The third-order valence-corrected chi connectivity index (χ3v) is 3.56. The monoisotopic (exact) mass is 345 g/mol. The molecule has 2 aromatic heterocycles. The van der Waals surface area contributed by atoms with Crippen molar-refractivity contribution in [2.45, 2.75) is 47.0 Å². The molecule has 0 aromatic carbocycles. The van der Waals surface area contributed by atoms with Crippen molar-refractivity contribution in [2.75, 3.05) is 0 Å². The molecule has 0 aliphatic rings. The fraction of sp³-hybridized carbons (Fsp3) is 0.571. The number of hydrogen-bond donors (Lipinski definition) is 0. The number of aromatic nitrogens is 3. The van der Waals surface area contributed by atoms with Crippen LogP contribution in [0.5, 0.6) is 0 Å². The molecule has 1 unspecified atom stereocenters. The Morgan fingerprint density at radius 2 is 1.95 bits per heavy atom. The summed E-state index contributed by atoms with van der Waals surface area (Å²) in [6.45, 7) is 10.6. The molecule has 3 nitrogen and oxygen atoms in total. The van der Waals surface area contributed by atoms with Gasteiger partial charge in [-0.25, -0.2) is 9.50 Å². The lowest BCUT2D eigenvalue weighted by molar-refractivity contribution is 0.516. The number of fused-ring (bicyclic) bond motifs is 1. The normalized spacial score (nSPS) is 12.4. The van der Waals surface area contributed by atoms with Crippen LogP contribution in [0.3, 0.4) is 0 Å². The van der Waals surface area contributed by atoms with Crippen molar-refractivity contribution < 1.29 is 0 Å². The standard InChI is InChI=1S/C12H15BrClN3.C2H6/c1-7(2)4-8(3)10-5-11(14)17-12(16-10)9(13)6-15-17;1-2/h5-8H,4H2,1-3H3;1-2H3. The highest BCUT2D eigenvalue weighted by molar-refractivity contribution is 9.10. The van der Waals surface area contributed by atoms with Gasteiger partial charge in [0, 0.05) is 5.69 Å². The smallest absolute Gasteiger partial charge is 0.171 e. The Balaban J connectivity index is 0.000000861. The van der Waals surface area contributed by atoms with E-state index in [1.54, 1.807) is 10.7 Å². The number of rotatable bonds is 3. The molecule has 0 saturated carbocycles. The molecular weight excluding hydrogens is 326 g/mol. The molecule has 0 radical (unpaired) electrons. The zero-order chi connectivity index (χ0) is 14.6. The first kappa shape index (κ1) is 16.4. The van der Waals surface area contributed by atoms with Crippen LogP contribution in [0.4, 0.5) is 0 Å². The Labute approximate surface area is 128 Å². The van der Waals surface area contributed by atoms with E-state index in [4.69, 9.17) is 11.6 Å². The van der Waals surface area contributed by atoms with Gasteiger partial charge in [-0.15, -0.1) is 0 Å². The van der Waals surface area contributed by atoms with Crippen molar-refractivity contribution in [3.63, 3.8) is 0 Å². The summed E-state index contributed by atoms with van der Waals surface area (Å²) in [5, 5.41) is 4.76. The molecule has 1 atom stereocenters. The second kappa shape index (κ2) is 7.25.